The number of allylic oxidation sites excluding steroid dienone is 6. The lowest BCUT2D eigenvalue weighted by molar-refractivity contribution is 0.805. The summed E-state index contributed by atoms with van der Waals surface area (Å²) in [6.45, 7) is 8.40. The molecule has 1 aliphatic carbocycles. The van der Waals surface area contributed by atoms with Gasteiger partial charge in [0.1, 0.15) is 0 Å². The molecular formula is C36H32. The molecule has 176 valence electrons. The second-order valence-corrected chi connectivity index (χ2v) is 9.27. The molecule has 0 spiro atoms. The predicted molar refractivity (Wildman–Crippen MR) is 156 cm³/mol. The molecule has 4 aromatic rings. The maximum absolute atomic E-state index is 4.20. The van der Waals surface area contributed by atoms with E-state index in [0.717, 1.165) is 12.8 Å². The molecule has 5 rings (SSSR count). The summed E-state index contributed by atoms with van der Waals surface area (Å²) in [6.07, 6.45) is 5.88. The van der Waals surface area contributed by atoms with Gasteiger partial charge in [-0.25, -0.2) is 0 Å². The lowest BCUT2D eigenvalue weighted by Gasteiger charge is -2.39. The Balaban J connectivity index is 1.92. The van der Waals surface area contributed by atoms with Gasteiger partial charge in [0.15, 0.2) is 0 Å². The number of rotatable bonds is 8. The van der Waals surface area contributed by atoms with Crippen LogP contribution in [0.1, 0.15) is 35.1 Å². The van der Waals surface area contributed by atoms with Crippen LogP contribution in [0, 0.1) is 11.8 Å². The van der Waals surface area contributed by atoms with Gasteiger partial charge in [-0.05, 0) is 57.4 Å². The van der Waals surface area contributed by atoms with Crippen molar-refractivity contribution in [2.45, 2.75) is 12.8 Å². The number of hydrogen-bond acceptors (Lipinski definition) is 0. The highest BCUT2D eigenvalue weighted by atomic mass is 14.4. The van der Waals surface area contributed by atoms with Gasteiger partial charge >= 0.3 is 0 Å². The quantitative estimate of drug-likeness (QED) is 0.228. The van der Waals surface area contributed by atoms with Crippen molar-refractivity contribution in [3.05, 3.63) is 169 Å². The molecule has 0 unspecified atom stereocenters. The Morgan fingerprint density at radius 2 is 0.611 bits per heavy atom. The van der Waals surface area contributed by atoms with Gasteiger partial charge in [0, 0.05) is 11.8 Å². The molecule has 36 heavy (non-hydrogen) atoms. The van der Waals surface area contributed by atoms with Gasteiger partial charge in [0.2, 0.25) is 0 Å². The van der Waals surface area contributed by atoms with E-state index in [1.165, 1.54) is 44.5 Å². The van der Waals surface area contributed by atoms with Gasteiger partial charge in [-0.15, -0.1) is 13.2 Å². The fourth-order valence-corrected chi connectivity index (χ4v) is 5.74. The highest BCUT2D eigenvalue weighted by molar-refractivity contribution is 6.11. The molecule has 0 aromatic heterocycles. The van der Waals surface area contributed by atoms with Crippen molar-refractivity contribution in [3.63, 3.8) is 0 Å². The van der Waals surface area contributed by atoms with Gasteiger partial charge in [-0.1, -0.05) is 133 Å². The topological polar surface area (TPSA) is 0 Å². The van der Waals surface area contributed by atoms with Gasteiger partial charge < -0.3 is 0 Å². The average molecular weight is 465 g/mol. The smallest absolute Gasteiger partial charge is 0.0142 e. The Bertz CT molecular complexity index is 1160. The summed E-state index contributed by atoms with van der Waals surface area (Å²) in [5.74, 6) is 0.359. The minimum Gasteiger partial charge on any atom is -0.103 e. The minimum atomic E-state index is 0.179. The molecule has 0 N–H and O–H groups in total. The summed E-state index contributed by atoms with van der Waals surface area (Å²) < 4.78 is 0. The zero-order valence-corrected chi connectivity index (χ0v) is 20.7. The van der Waals surface area contributed by atoms with Gasteiger partial charge in [0.25, 0.3) is 0 Å². The molecule has 0 nitrogen and oxygen atoms in total. The first-order valence-electron chi connectivity index (χ1n) is 12.7. The van der Waals surface area contributed by atoms with E-state index in [-0.39, 0.29) is 11.8 Å². The molecule has 0 heterocycles. The van der Waals surface area contributed by atoms with Crippen molar-refractivity contribution < 1.29 is 0 Å². The van der Waals surface area contributed by atoms with Crippen LogP contribution in [0.25, 0.3) is 22.3 Å². The van der Waals surface area contributed by atoms with E-state index in [9.17, 15) is 0 Å². The van der Waals surface area contributed by atoms with E-state index in [4.69, 9.17) is 0 Å². The molecule has 0 saturated carbocycles. The number of hydrogen-bond donors (Lipinski definition) is 0. The largest absolute Gasteiger partial charge is 0.103 e. The van der Waals surface area contributed by atoms with Gasteiger partial charge in [0.05, 0.1) is 0 Å². The standard InChI is InChI=1S/C36H32/c1-3-17-31-33(27-19-9-5-10-20-27)35(29-23-13-7-14-24-29)32(18-4-2)36(30-25-15-8-16-26-30)34(31)28-21-11-6-12-22-28/h3-16,19-26,31-32H,1-2,17-18H2. The van der Waals surface area contributed by atoms with Crippen LogP contribution in [0.15, 0.2) is 147 Å². The van der Waals surface area contributed by atoms with Crippen molar-refractivity contribution in [2.75, 3.05) is 0 Å². The highest BCUT2D eigenvalue weighted by Crippen LogP contribution is 2.55. The van der Waals surface area contributed by atoms with Gasteiger partial charge in [-0.2, -0.15) is 0 Å². The molecule has 0 bridgehead atoms. The van der Waals surface area contributed by atoms with E-state index in [1.807, 2.05) is 0 Å². The Morgan fingerprint density at radius 3 is 0.806 bits per heavy atom. The van der Waals surface area contributed by atoms with Crippen molar-refractivity contribution in [1.29, 1.82) is 0 Å². The maximum atomic E-state index is 4.20. The van der Waals surface area contributed by atoms with Crippen molar-refractivity contribution in [3.8, 4) is 0 Å². The van der Waals surface area contributed by atoms with Crippen LogP contribution < -0.4 is 0 Å². The van der Waals surface area contributed by atoms with E-state index in [2.05, 4.69) is 147 Å². The summed E-state index contributed by atoms with van der Waals surface area (Å²) >= 11 is 0. The molecule has 0 fully saturated rings. The molecular weight excluding hydrogens is 432 g/mol. The van der Waals surface area contributed by atoms with Crippen LogP contribution in [0.4, 0.5) is 0 Å². The zero-order valence-electron chi connectivity index (χ0n) is 20.7. The van der Waals surface area contributed by atoms with Crippen molar-refractivity contribution in [1.82, 2.24) is 0 Å². The first-order chi connectivity index (χ1) is 17.8. The predicted octanol–water partition coefficient (Wildman–Crippen LogP) is 9.61. The monoisotopic (exact) mass is 464 g/mol. The molecule has 0 radical (unpaired) electrons. The summed E-state index contributed by atoms with van der Waals surface area (Å²) in [7, 11) is 0. The summed E-state index contributed by atoms with van der Waals surface area (Å²) in [4.78, 5) is 0. The molecule has 0 heteroatoms. The maximum Gasteiger partial charge on any atom is 0.0142 e. The van der Waals surface area contributed by atoms with Crippen LogP contribution in [-0.4, -0.2) is 0 Å². The van der Waals surface area contributed by atoms with E-state index < -0.39 is 0 Å². The van der Waals surface area contributed by atoms with Crippen LogP contribution >= 0.6 is 0 Å². The minimum absolute atomic E-state index is 0.179. The molecule has 1 aliphatic rings. The first-order valence-corrected chi connectivity index (χ1v) is 12.7. The third kappa shape index (κ3) is 4.55. The third-order valence-corrected chi connectivity index (χ3v) is 7.12. The molecule has 0 amide bonds. The molecule has 0 aliphatic heterocycles. The van der Waals surface area contributed by atoms with Crippen molar-refractivity contribution in [2.24, 2.45) is 11.8 Å². The van der Waals surface area contributed by atoms with Gasteiger partial charge in [-0.3, -0.25) is 0 Å². The van der Waals surface area contributed by atoms with Crippen LogP contribution in [0.5, 0.6) is 0 Å². The highest BCUT2D eigenvalue weighted by Gasteiger charge is 2.37. The molecule has 0 atom stereocenters. The second-order valence-electron chi connectivity index (χ2n) is 9.27. The van der Waals surface area contributed by atoms with E-state index in [0.29, 0.717) is 0 Å². The fraction of sp³-hybridized carbons (Fsp3) is 0.111. The Morgan fingerprint density at radius 1 is 0.389 bits per heavy atom. The van der Waals surface area contributed by atoms with E-state index in [1.54, 1.807) is 0 Å². The fourth-order valence-electron chi connectivity index (χ4n) is 5.74. The Labute approximate surface area is 215 Å². The second kappa shape index (κ2) is 11.1. The lowest BCUT2D eigenvalue weighted by Crippen LogP contribution is -2.22. The first kappa shape index (κ1) is 23.6. The van der Waals surface area contributed by atoms with Crippen LogP contribution in [-0.2, 0) is 0 Å². The van der Waals surface area contributed by atoms with Crippen LogP contribution in [0.3, 0.4) is 0 Å². The zero-order chi connectivity index (χ0) is 24.7. The molecule has 0 saturated heterocycles. The summed E-state index contributed by atoms with van der Waals surface area (Å²) in [6, 6.07) is 43.7. The number of benzene rings is 4. The molecule has 4 aromatic carbocycles. The van der Waals surface area contributed by atoms with Crippen molar-refractivity contribution >= 4 is 22.3 Å². The average Bonchev–Trinajstić information content (AvgIpc) is 2.95. The summed E-state index contributed by atoms with van der Waals surface area (Å²) in [5, 5.41) is 0. The lowest BCUT2D eigenvalue weighted by atomic mass is 9.64. The SMILES string of the molecule is C=CCC1C(c2ccccc2)=C(c2ccccc2)C(CC=C)C(c2ccccc2)=C1c1ccccc1. The summed E-state index contributed by atoms with van der Waals surface area (Å²) in [5.41, 5.74) is 10.7. The normalized spacial score (nSPS) is 17.7. The van der Waals surface area contributed by atoms with Crippen LogP contribution in [0.2, 0.25) is 0 Å². The Hall–Kier alpha value is -4.16. The van der Waals surface area contributed by atoms with E-state index >= 15 is 0 Å². The Kier molecular flexibility index (Phi) is 7.24. The third-order valence-electron chi connectivity index (χ3n) is 7.12.